The van der Waals surface area contributed by atoms with E-state index in [1.165, 1.54) is 24.6 Å². The number of carbonyl (C=O) groups excluding carboxylic acids is 1. The number of aromatic nitrogens is 4. The number of nitrogens with one attached hydrogen (secondary N) is 1. The van der Waals surface area contributed by atoms with E-state index in [4.69, 9.17) is 11.6 Å². The van der Waals surface area contributed by atoms with Gasteiger partial charge in [0.2, 0.25) is 0 Å². The molecule has 7 heteroatoms. The van der Waals surface area contributed by atoms with Crippen LogP contribution < -0.4 is 0 Å². The number of H-pyrrole nitrogens is 1. The van der Waals surface area contributed by atoms with E-state index in [2.05, 4.69) is 19.7 Å². The van der Waals surface area contributed by atoms with Gasteiger partial charge in [-0.3, -0.25) is 9.36 Å². The lowest BCUT2D eigenvalue weighted by atomic mass is 10.2. The van der Waals surface area contributed by atoms with E-state index >= 15 is 0 Å². The van der Waals surface area contributed by atoms with Crippen molar-refractivity contribution in [1.82, 2.24) is 19.7 Å². The molecule has 2 heterocycles. The Labute approximate surface area is 161 Å². The summed E-state index contributed by atoms with van der Waals surface area (Å²) in [6.07, 6.45) is 6.38. The van der Waals surface area contributed by atoms with Gasteiger partial charge in [0.25, 0.3) is 0 Å². The van der Waals surface area contributed by atoms with Gasteiger partial charge in [-0.1, -0.05) is 48.3 Å². The molecule has 4 rings (SSSR count). The third-order valence-electron chi connectivity index (χ3n) is 4.70. The second kappa shape index (κ2) is 7.68. The summed E-state index contributed by atoms with van der Waals surface area (Å²) in [5, 5.41) is 10.3. The molecule has 0 unspecified atom stereocenters. The first-order valence-electron chi connectivity index (χ1n) is 8.73. The number of hydrogen-bond donors (Lipinski definition) is 1. The van der Waals surface area contributed by atoms with Crippen molar-refractivity contribution in [3.8, 4) is 11.4 Å². The monoisotopic (exact) mass is 386 g/mol. The Morgan fingerprint density at radius 2 is 2.00 bits per heavy atom. The molecule has 0 bridgehead atoms. The number of nitrogens with zero attached hydrogens (tertiary/aromatic N) is 3. The molecule has 1 fully saturated rings. The number of ketones is 1. The van der Waals surface area contributed by atoms with Gasteiger partial charge in [-0.15, -0.1) is 10.2 Å². The van der Waals surface area contributed by atoms with Gasteiger partial charge >= 0.3 is 0 Å². The third kappa shape index (κ3) is 3.44. The van der Waals surface area contributed by atoms with Gasteiger partial charge in [-0.25, -0.2) is 0 Å². The number of carbonyl (C=O) groups is 1. The molecule has 26 heavy (non-hydrogen) atoms. The Bertz CT molecular complexity index is 900. The molecule has 1 aliphatic rings. The maximum Gasteiger partial charge on any atom is 0.192 e. The van der Waals surface area contributed by atoms with Crippen LogP contribution in [-0.2, 0) is 0 Å². The van der Waals surface area contributed by atoms with Crippen molar-refractivity contribution < 1.29 is 4.79 Å². The smallest absolute Gasteiger partial charge is 0.192 e. The fourth-order valence-corrected chi connectivity index (χ4v) is 4.51. The number of Topliss-reactive ketones (excluding diaryl/α,β-unsaturated/α-hetero) is 1. The van der Waals surface area contributed by atoms with E-state index in [9.17, 15) is 4.79 Å². The molecule has 1 aromatic carbocycles. The van der Waals surface area contributed by atoms with Crippen LogP contribution in [0.25, 0.3) is 11.4 Å². The summed E-state index contributed by atoms with van der Waals surface area (Å²) in [6, 6.07) is 11.7. The van der Waals surface area contributed by atoms with Gasteiger partial charge < -0.3 is 4.98 Å². The summed E-state index contributed by atoms with van der Waals surface area (Å²) in [5.41, 5.74) is 1.51. The largest absolute Gasteiger partial charge is 0.359 e. The second-order valence-electron chi connectivity index (χ2n) is 6.39. The van der Waals surface area contributed by atoms with Gasteiger partial charge in [0, 0.05) is 17.8 Å². The fraction of sp³-hybridized carbons (Fsp3) is 0.316. The Morgan fingerprint density at radius 1 is 1.19 bits per heavy atom. The van der Waals surface area contributed by atoms with Crippen LogP contribution >= 0.6 is 23.4 Å². The first kappa shape index (κ1) is 17.4. The predicted octanol–water partition coefficient (Wildman–Crippen LogP) is 5.02. The van der Waals surface area contributed by atoms with E-state index in [0.29, 0.717) is 22.5 Å². The summed E-state index contributed by atoms with van der Waals surface area (Å²) >= 11 is 7.83. The first-order valence-corrected chi connectivity index (χ1v) is 10.1. The zero-order chi connectivity index (χ0) is 17.9. The quantitative estimate of drug-likeness (QED) is 0.477. The molecule has 1 saturated carbocycles. The zero-order valence-corrected chi connectivity index (χ0v) is 15.8. The lowest BCUT2D eigenvalue weighted by Crippen LogP contribution is -2.10. The van der Waals surface area contributed by atoms with E-state index in [1.807, 2.05) is 30.3 Å². The third-order valence-corrected chi connectivity index (χ3v) is 5.97. The van der Waals surface area contributed by atoms with E-state index in [1.54, 1.807) is 12.3 Å². The molecule has 2 aromatic heterocycles. The van der Waals surface area contributed by atoms with Crippen molar-refractivity contribution in [2.24, 2.45) is 0 Å². The SMILES string of the molecule is O=C(CSc1nnc(-c2ccccc2Cl)n1C1CCCC1)c1ccc[nH]1. The van der Waals surface area contributed by atoms with E-state index in [-0.39, 0.29) is 5.78 Å². The molecular formula is C19H19ClN4OS. The first-order chi connectivity index (χ1) is 12.7. The molecule has 0 radical (unpaired) electrons. The van der Waals surface area contributed by atoms with E-state index in [0.717, 1.165) is 29.4 Å². The molecule has 1 aliphatic carbocycles. The summed E-state index contributed by atoms with van der Waals surface area (Å²) in [5.74, 6) is 1.17. The molecule has 0 saturated heterocycles. The molecule has 1 N–H and O–H groups in total. The molecule has 3 aromatic rings. The number of hydrogen-bond acceptors (Lipinski definition) is 4. The molecule has 134 valence electrons. The van der Waals surface area contributed by atoms with Gasteiger partial charge in [-0.05, 0) is 37.1 Å². The van der Waals surface area contributed by atoms with Gasteiger partial charge in [0.1, 0.15) is 0 Å². The van der Waals surface area contributed by atoms with Crippen LogP contribution in [0.5, 0.6) is 0 Å². The maximum atomic E-state index is 12.3. The van der Waals surface area contributed by atoms with Crippen molar-refractivity contribution in [2.75, 3.05) is 5.75 Å². The highest BCUT2D eigenvalue weighted by molar-refractivity contribution is 7.99. The van der Waals surface area contributed by atoms with Crippen LogP contribution in [0.2, 0.25) is 5.02 Å². The fourth-order valence-electron chi connectivity index (χ4n) is 3.40. The second-order valence-corrected chi connectivity index (χ2v) is 7.74. The average molecular weight is 387 g/mol. The summed E-state index contributed by atoms with van der Waals surface area (Å²) in [7, 11) is 0. The standard InChI is InChI=1S/C19H19ClN4OS/c20-15-9-4-3-8-14(15)18-22-23-19(24(18)13-6-1-2-7-13)26-12-17(25)16-10-5-11-21-16/h3-5,8-11,13,21H,1-2,6-7,12H2. The number of benzene rings is 1. The van der Waals surface area contributed by atoms with Crippen molar-refractivity contribution in [2.45, 2.75) is 36.9 Å². The van der Waals surface area contributed by atoms with Crippen molar-refractivity contribution >= 4 is 29.1 Å². The molecule has 0 atom stereocenters. The average Bonchev–Trinajstić information content (AvgIpc) is 3.40. The van der Waals surface area contributed by atoms with Crippen LogP contribution in [0.15, 0.2) is 47.8 Å². The predicted molar refractivity (Wildman–Crippen MR) is 104 cm³/mol. The highest BCUT2D eigenvalue weighted by Crippen LogP contribution is 2.38. The summed E-state index contributed by atoms with van der Waals surface area (Å²) in [6.45, 7) is 0. The Morgan fingerprint density at radius 3 is 2.73 bits per heavy atom. The Kier molecular flexibility index (Phi) is 5.13. The highest BCUT2D eigenvalue weighted by atomic mass is 35.5. The number of rotatable bonds is 6. The Balaban J connectivity index is 1.64. The normalized spacial score (nSPS) is 14.8. The minimum absolute atomic E-state index is 0.0558. The number of aromatic amines is 1. The van der Waals surface area contributed by atoms with Gasteiger partial charge in [0.15, 0.2) is 16.8 Å². The van der Waals surface area contributed by atoms with Crippen LogP contribution in [0.1, 0.15) is 42.2 Å². The number of halogens is 1. The van der Waals surface area contributed by atoms with Crippen molar-refractivity contribution in [1.29, 1.82) is 0 Å². The molecule has 0 aliphatic heterocycles. The van der Waals surface area contributed by atoms with Gasteiger partial charge in [0.05, 0.1) is 16.5 Å². The van der Waals surface area contributed by atoms with Crippen LogP contribution in [0.3, 0.4) is 0 Å². The Hall–Kier alpha value is -2.05. The van der Waals surface area contributed by atoms with Gasteiger partial charge in [-0.2, -0.15) is 0 Å². The van der Waals surface area contributed by atoms with Crippen LogP contribution in [-0.4, -0.2) is 31.3 Å². The molecular weight excluding hydrogens is 368 g/mol. The van der Waals surface area contributed by atoms with Crippen LogP contribution in [0, 0.1) is 0 Å². The number of thioether (sulfide) groups is 1. The minimum Gasteiger partial charge on any atom is -0.359 e. The van der Waals surface area contributed by atoms with Crippen LogP contribution in [0.4, 0.5) is 0 Å². The maximum absolute atomic E-state index is 12.3. The lowest BCUT2D eigenvalue weighted by Gasteiger charge is -2.17. The zero-order valence-electron chi connectivity index (χ0n) is 14.2. The summed E-state index contributed by atoms with van der Waals surface area (Å²) < 4.78 is 2.18. The molecule has 0 spiro atoms. The van der Waals surface area contributed by atoms with E-state index < -0.39 is 0 Å². The topological polar surface area (TPSA) is 63.6 Å². The van der Waals surface area contributed by atoms with Crippen molar-refractivity contribution in [3.05, 3.63) is 53.3 Å². The molecule has 0 amide bonds. The molecule has 5 nitrogen and oxygen atoms in total. The summed E-state index contributed by atoms with van der Waals surface area (Å²) in [4.78, 5) is 15.3. The highest BCUT2D eigenvalue weighted by Gasteiger charge is 2.26. The van der Waals surface area contributed by atoms with Crippen molar-refractivity contribution in [3.63, 3.8) is 0 Å². The minimum atomic E-state index is 0.0558. The lowest BCUT2D eigenvalue weighted by molar-refractivity contribution is 0.101.